The first-order chi connectivity index (χ1) is 16.2. The molecule has 0 aliphatic carbocycles. The van der Waals surface area contributed by atoms with Crippen LogP contribution in [0.2, 0.25) is 5.02 Å². The molecule has 11 heteroatoms. The Hall–Kier alpha value is -3.76. The summed E-state index contributed by atoms with van der Waals surface area (Å²) in [7, 11) is -2.38. The van der Waals surface area contributed by atoms with E-state index in [0.717, 1.165) is 0 Å². The molecule has 0 aliphatic rings. The molecule has 0 heterocycles. The van der Waals surface area contributed by atoms with Crippen molar-refractivity contribution in [3.05, 3.63) is 71.8 Å². The maximum absolute atomic E-state index is 12.7. The van der Waals surface area contributed by atoms with Gasteiger partial charge in [-0.05, 0) is 60.7 Å². The maximum Gasteiger partial charge on any atom is 0.262 e. The van der Waals surface area contributed by atoms with Crippen LogP contribution >= 0.6 is 11.6 Å². The van der Waals surface area contributed by atoms with Crippen LogP contribution in [0.15, 0.2) is 71.6 Å². The van der Waals surface area contributed by atoms with Crippen LogP contribution in [0.25, 0.3) is 0 Å². The monoisotopic (exact) mass is 503 g/mol. The van der Waals surface area contributed by atoms with Crippen molar-refractivity contribution in [2.75, 3.05) is 29.1 Å². The number of hydrogen-bond donors (Lipinski definition) is 3. The number of anilines is 3. The number of benzene rings is 3. The summed E-state index contributed by atoms with van der Waals surface area (Å²) < 4.78 is 38.2. The summed E-state index contributed by atoms with van der Waals surface area (Å²) in [5.41, 5.74) is 1.36. The lowest BCUT2D eigenvalue weighted by Gasteiger charge is -2.12. The zero-order valence-corrected chi connectivity index (χ0v) is 19.9. The number of halogens is 1. The van der Waals surface area contributed by atoms with Crippen molar-refractivity contribution < 1.29 is 27.5 Å². The average molecular weight is 504 g/mol. The zero-order chi connectivity index (χ0) is 24.7. The molecule has 3 aromatic rings. The van der Waals surface area contributed by atoms with E-state index >= 15 is 0 Å². The van der Waals surface area contributed by atoms with E-state index in [1.54, 1.807) is 48.5 Å². The molecule has 0 spiro atoms. The Morgan fingerprint density at radius 1 is 0.912 bits per heavy atom. The maximum atomic E-state index is 12.7. The number of rotatable bonds is 9. The van der Waals surface area contributed by atoms with Crippen LogP contribution in [0.4, 0.5) is 17.1 Å². The minimum absolute atomic E-state index is 0.0260. The second-order valence-electron chi connectivity index (χ2n) is 7.03. The molecule has 0 aliphatic heterocycles. The topological polar surface area (TPSA) is 123 Å². The molecule has 2 amide bonds. The van der Waals surface area contributed by atoms with E-state index in [1.807, 2.05) is 0 Å². The van der Waals surface area contributed by atoms with Crippen LogP contribution in [0, 0.1) is 0 Å². The highest BCUT2D eigenvalue weighted by Gasteiger charge is 2.17. The number of amides is 2. The number of ether oxygens (including phenoxy) is 2. The Labute approximate surface area is 202 Å². The van der Waals surface area contributed by atoms with Crippen molar-refractivity contribution in [2.24, 2.45) is 0 Å². The average Bonchev–Trinajstić information content (AvgIpc) is 2.78. The van der Waals surface area contributed by atoms with Crippen LogP contribution in [0.3, 0.4) is 0 Å². The third-order valence-electron chi connectivity index (χ3n) is 4.38. The smallest absolute Gasteiger partial charge is 0.262 e. The Morgan fingerprint density at radius 2 is 1.59 bits per heavy atom. The number of methoxy groups -OCH3 is 1. The molecular formula is C23H22ClN3O6S. The molecule has 9 nitrogen and oxygen atoms in total. The highest BCUT2D eigenvalue weighted by Crippen LogP contribution is 2.28. The minimum Gasteiger partial charge on any atom is -0.497 e. The summed E-state index contributed by atoms with van der Waals surface area (Å²) in [5, 5.41) is 5.29. The summed E-state index contributed by atoms with van der Waals surface area (Å²) in [5.74, 6) is 0.0456. The second-order valence-corrected chi connectivity index (χ2v) is 9.11. The van der Waals surface area contributed by atoms with Gasteiger partial charge in [0, 0.05) is 24.0 Å². The number of nitrogens with one attached hydrogen (secondary N) is 3. The summed E-state index contributed by atoms with van der Waals surface area (Å²) in [6, 6.07) is 16.9. The normalized spacial score (nSPS) is 10.8. The number of hydrogen-bond acceptors (Lipinski definition) is 6. The molecule has 178 valence electrons. The zero-order valence-electron chi connectivity index (χ0n) is 18.3. The van der Waals surface area contributed by atoms with Crippen LogP contribution in [0.1, 0.15) is 6.92 Å². The van der Waals surface area contributed by atoms with E-state index in [4.69, 9.17) is 21.1 Å². The lowest BCUT2D eigenvalue weighted by Crippen LogP contribution is -2.20. The van der Waals surface area contributed by atoms with Gasteiger partial charge in [-0.15, -0.1) is 0 Å². The molecule has 0 fully saturated rings. The third-order valence-corrected chi connectivity index (χ3v) is 6.06. The van der Waals surface area contributed by atoms with Crippen molar-refractivity contribution in [1.29, 1.82) is 0 Å². The molecule has 0 radical (unpaired) electrons. The Bertz CT molecular complexity index is 1300. The molecule has 0 saturated heterocycles. The molecule has 0 atom stereocenters. The van der Waals surface area contributed by atoms with E-state index in [1.165, 1.54) is 32.2 Å². The molecule has 0 bridgehead atoms. The summed E-state index contributed by atoms with van der Waals surface area (Å²) in [4.78, 5) is 23.3. The number of carbonyl (C=O) groups is 2. The SMILES string of the molecule is COc1ccc(NS(=O)(=O)c2ccc(OCC(=O)Nc3cccc(NC(C)=O)c3)c(Cl)c2)cc1. The lowest BCUT2D eigenvalue weighted by atomic mass is 10.2. The van der Waals surface area contributed by atoms with Gasteiger partial charge in [0.25, 0.3) is 15.9 Å². The van der Waals surface area contributed by atoms with Gasteiger partial charge in [0.2, 0.25) is 5.91 Å². The second kappa shape index (κ2) is 10.9. The molecule has 0 unspecified atom stereocenters. The van der Waals surface area contributed by atoms with Crippen LogP contribution in [-0.2, 0) is 19.6 Å². The van der Waals surface area contributed by atoms with Gasteiger partial charge in [-0.25, -0.2) is 8.42 Å². The van der Waals surface area contributed by atoms with Gasteiger partial charge in [-0.3, -0.25) is 14.3 Å². The van der Waals surface area contributed by atoms with Gasteiger partial charge in [-0.1, -0.05) is 17.7 Å². The summed E-state index contributed by atoms with van der Waals surface area (Å²) >= 11 is 6.19. The summed E-state index contributed by atoms with van der Waals surface area (Å²) in [6.45, 7) is 1.02. The Kier molecular flexibility index (Phi) is 7.98. The molecule has 0 saturated carbocycles. The fraction of sp³-hybridized carbons (Fsp3) is 0.130. The van der Waals surface area contributed by atoms with Crippen LogP contribution < -0.4 is 24.8 Å². The first kappa shape index (κ1) is 24.9. The lowest BCUT2D eigenvalue weighted by molar-refractivity contribution is -0.118. The van der Waals surface area contributed by atoms with Gasteiger partial charge in [-0.2, -0.15) is 0 Å². The molecule has 0 aromatic heterocycles. The van der Waals surface area contributed by atoms with Gasteiger partial charge >= 0.3 is 0 Å². The molecular weight excluding hydrogens is 482 g/mol. The largest absolute Gasteiger partial charge is 0.497 e. The van der Waals surface area contributed by atoms with E-state index in [9.17, 15) is 18.0 Å². The van der Waals surface area contributed by atoms with Crippen LogP contribution in [-0.4, -0.2) is 33.9 Å². The fourth-order valence-corrected chi connectivity index (χ4v) is 4.24. The standard InChI is InChI=1S/C23H22ClN3O6S/c1-15(28)25-17-4-3-5-18(12-17)26-23(29)14-33-22-11-10-20(13-21(22)24)34(30,31)27-16-6-8-19(32-2)9-7-16/h3-13,27H,14H2,1-2H3,(H,25,28)(H,26,29). The Balaban J connectivity index is 1.61. The van der Waals surface area contributed by atoms with E-state index < -0.39 is 15.9 Å². The van der Waals surface area contributed by atoms with Gasteiger partial charge < -0.3 is 20.1 Å². The minimum atomic E-state index is -3.90. The van der Waals surface area contributed by atoms with Crippen molar-refractivity contribution in [3.8, 4) is 11.5 Å². The van der Waals surface area contributed by atoms with Crippen molar-refractivity contribution >= 4 is 50.5 Å². The predicted molar refractivity (Wildman–Crippen MR) is 130 cm³/mol. The van der Waals surface area contributed by atoms with E-state index in [0.29, 0.717) is 22.8 Å². The van der Waals surface area contributed by atoms with Crippen molar-refractivity contribution in [2.45, 2.75) is 11.8 Å². The highest BCUT2D eigenvalue weighted by atomic mass is 35.5. The highest BCUT2D eigenvalue weighted by molar-refractivity contribution is 7.92. The molecule has 3 N–H and O–H groups in total. The van der Waals surface area contributed by atoms with Crippen LogP contribution in [0.5, 0.6) is 11.5 Å². The first-order valence-corrected chi connectivity index (χ1v) is 11.8. The molecule has 3 rings (SSSR count). The molecule has 34 heavy (non-hydrogen) atoms. The van der Waals surface area contributed by atoms with Gasteiger partial charge in [0.15, 0.2) is 6.61 Å². The third kappa shape index (κ3) is 6.87. The van der Waals surface area contributed by atoms with Crippen molar-refractivity contribution in [1.82, 2.24) is 0 Å². The van der Waals surface area contributed by atoms with E-state index in [-0.39, 0.29) is 28.2 Å². The van der Waals surface area contributed by atoms with E-state index in [2.05, 4.69) is 15.4 Å². The summed E-state index contributed by atoms with van der Waals surface area (Å²) in [6.07, 6.45) is 0. The fourth-order valence-electron chi connectivity index (χ4n) is 2.86. The van der Waals surface area contributed by atoms with Gasteiger partial charge in [0.05, 0.1) is 17.0 Å². The van der Waals surface area contributed by atoms with Gasteiger partial charge in [0.1, 0.15) is 11.5 Å². The predicted octanol–water partition coefficient (Wildman–Crippen LogP) is 4.13. The number of sulfonamides is 1. The quantitative estimate of drug-likeness (QED) is 0.403. The first-order valence-electron chi connectivity index (χ1n) is 9.93. The number of carbonyl (C=O) groups excluding carboxylic acids is 2. The van der Waals surface area contributed by atoms with Crippen molar-refractivity contribution in [3.63, 3.8) is 0 Å². The molecule has 3 aromatic carbocycles. The Morgan fingerprint density at radius 3 is 2.21 bits per heavy atom.